The zero-order valence-electron chi connectivity index (χ0n) is 19.6. The number of carboxylic acids is 1. The number of rotatable bonds is 8. The summed E-state index contributed by atoms with van der Waals surface area (Å²) in [7, 11) is 0. The van der Waals surface area contributed by atoms with E-state index in [-0.39, 0.29) is 6.04 Å². The standard InChI is InChI=1S/C29H28N4O2/c1-20(21-9-4-2-5-10-21)30-26-19-25(22-11-6-3-7-12-22)32-28(33-26)31-24-15-13-23(14-16-24)29(27(34)35)17-8-18-29/h2-7,9-16,19-20H,8,17-18H2,1H3,(H,34,35)(H2,30,31,32,33)/t20-/m1/s1. The summed E-state index contributed by atoms with van der Waals surface area (Å²) in [6.45, 7) is 2.10. The van der Waals surface area contributed by atoms with E-state index in [2.05, 4.69) is 29.7 Å². The Hall–Kier alpha value is -4.19. The quantitative estimate of drug-likeness (QED) is 0.273. The maximum Gasteiger partial charge on any atom is 0.314 e. The van der Waals surface area contributed by atoms with Gasteiger partial charge in [-0.05, 0) is 43.0 Å². The zero-order valence-corrected chi connectivity index (χ0v) is 19.6. The highest BCUT2D eigenvalue weighted by molar-refractivity contribution is 5.82. The number of carboxylic acid groups (broad SMARTS) is 1. The summed E-state index contributed by atoms with van der Waals surface area (Å²) < 4.78 is 0. The van der Waals surface area contributed by atoms with Gasteiger partial charge in [-0.15, -0.1) is 0 Å². The topological polar surface area (TPSA) is 87.1 Å². The minimum absolute atomic E-state index is 0.0662. The fourth-order valence-corrected chi connectivity index (χ4v) is 4.54. The Balaban J connectivity index is 1.43. The van der Waals surface area contributed by atoms with Crippen molar-refractivity contribution in [2.45, 2.75) is 37.6 Å². The third-order valence-corrected chi connectivity index (χ3v) is 6.77. The molecule has 1 heterocycles. The van der Waals surface area contributed by atoms with E-state index in [1.165, 1.54) is 5.56 Å². The minimum atomic E-state index is -0.744. The van der Waals surface area contributed by atoms with Crippen LogP contribution in [-0.4, -0.2) is 21.0 Å². The summed E-state index contributed by atoms with van der Waals surface area (Å²) in [6, 6.07) is 29.8. The van der Waals surface area contributed by atoms with Gasteiger partial charge in [0, 0.05) is 23.4 Å². The Morgan fingerprint density at radius 1 is 0.914 bits per heavy atom. The Morgan fingerprint density at radius 3 is 2.17 bits per heavy atom. The lowest BCUT2D eigenvalue weighted by Gasteiger charge is -2.38. The van der Waals surface area contributed by atoms with Crippen LogP contribution in [-0.2, 0) is 10.2 Å². The lowest BCUT2D eigenvalue weighted by Crippen LogP contribution is -2.42. The van der Waals surface area contributed by atoms with Gasteiger partial charge in [-0.1, -0.05) is 79.2 Å². The van der Waals surface area contributed by atoms with E-state index in [0.717, 1.165) is 28.9 Å². The highest BCUT2D eigenvalue weighted by Gasteiger charge is 2.45. The Kier molecular flexibility index (Phi) is 6.19. The lowest BCUT2D eigenvalue weighted by molar-refractivity contribution is -0.147. The summed E-state index contributed by atoms with van der Waals surface area (Å²) in [6.07, 6.45) is 2.32. The average molecular weight is 465 g/mol. The Labute approximate surface area is 205 Å². The second kappa shape index (κ2) is 9.58. The van der Waals surface area contributed by atoms with Gasteiger partial charge in [0.05, 0.1) is 11.1 Å². The van der Waals surface area contributed by atoms with E-state index in [9.17, 15) is 9.90 Å². The van der Waals surface area contributed by atoms with Gasteiger partial charge in [0.1, 0.15) is 5.82 Å². The van der Waals surface area contributed by atoms with Gasteiger partial charge in [-0.3, -0.25) is 4.79 Å². The van der Waals surface area contributed by atoms with E-state index in [0.29, 0.717) is 24.6 Å². The highest BCUT2D eigenvalue weighted by Crippen LogP contribution is 2.44. The predicted octanol–water partition coefficient (Wildman–Crippen LogP) is 6.57. The van der Waals surface area contributed by atoms with Crippen LogP contribution in [0.3, 0.4) is 0 Å². The number of anilines is 3. The summed E-state index contributed by atoms with van der Waals surface area (Å²) in [5.41, 5.74) is 3.88. The molecule has 1 aliphatic carbocycles. The molecule has 3 N–H and O–H groups in total. The summed E-state index contributed by atoms with van der Waals surface area (Å²) in [4.78, 5) is 21.3. The van der Waals surface area contributed by atoms with Crippen molar-refractivity contribution in [3.05, 3.63) is 102 Å². The number of benzene rings is 3. The molecule has 1 atom stereocenters. The monoisotopic (exact) mass is 464 g/mol. The van der Waals surface area contributed by atoms with Gasteiger partial charge in [0.25, 0.3) is 0 Å². The molecule has 0 bridgehead atoms. The van der Waals surface area contributed by atoms with E-state index in [1.54, 1.807) is 0 Å². The number of nitrogens with zero attached hydrogens (tertiary/aromatic N) is 2. The van der Waals surface area contributed by atoms with Crippen molar-refractivity contribution in [3.63, 3.8) is 0 Å². The molecule has 3 aromatic carbocycles. The van der Waals surface area contributed by atoms with Crippen molar-refractivity contribution in [1.82, 2.24) is 9.97 Å². The lowest BCUT2D eigenvalue weighted by atomic mass is 9.64. The third kappa shape index (κ3) is 4.73. The molecule has 1 saturated carbocycles. The first-order valence-corrected chi connectivity index (χ1v) is 11.9. The molecule has 0 radical (unpaired) electrons. The van der Waals surface area contributed by atoms with Crippen LogP contribution >= 0.6 is 0 Å². The van der Waals surface area contributed by atoms with Crippen molar-refractivity contribution in [1.29, 1.82) is 0 Å². The van der Waals surface area contributed by atoms with Crippen molar-refractivity contribution in [2.75, 3.05) is 10.6 Å². The molecule has 0 spiro atoms. The van der Waals surface area contributed by atoms with Crippen LogP contribution in [0.4, 0.5) is 17.5 Å². The van der Waals surface area contributed by atoms with Crippen LogP contribution in [0.5, 0.6) is 0 Å². The zero-order chi connectivity index (χ0) is 24.3. The van der Waals surface area contributed by atoms with Gasteiger partial charge in [-0.25, -0.2) is 4.98 Å². The molecule has 0 saturated heterocycles. The average Bonchev–Trinajstić information content (AvgIpc) is 2.85. The number of hydrogen-bond acceptors (Lipinski definition) is 5. The summed E-state index contributed by atoms with van der Waals surface area (Å²) in [5.74, 6) is 0.443. The molecular weight excluding hydrogens is 436 g/mol. The number of nitrogens with one attached hydrogen (secondary N) is 2. The molecule has 6 nitrogen and oxygen atoms in total. The van der Waals surface area contributed by atoms with Crippen molar-refractivity contribution in [3.8, 4) is 11.3 Å². The second-order valence-electron chi connectivity index (χ2n) is 9.05. The molecule has 35 heavy (non-hydrogen) atoms. The van der Waals surface area contributed by atoms with Gasteiger partial charge in [0.2, 0.25) is 5.95 Å². The van der Waals surface area contributed by atoms with Gasteiger partial charge in [0.15, 0.2) is 0 Å². The van der Waals surface area contributed by atoms with E-state index in [4.69, 9.17) is 9.97 Å². The largest absolute Gasteiger partial charge is 0.481 e. The summed E-state index contributed by atoms with van der Waals surface area (Å²) >= 11 is 0. The normalized spacial score (nSPS) is 15.0. The number of hydrogen-bond donors (Lipinski definition) is 3. The van der Waals surface area contributed by atoms with Crippen LogP contribution in [0.2, 0.25) is 0 Å². The van der Waals surface area contributed by atoms with E-state index in [1.807, 2.05) is 78.9 Å². The molecule has 1 fully saturated rings. The minimum Gasteiger partial charge on any atom is -0.481 e. The first kappa shape index (κ1) is 22.6. The van der Waals surface area contributed by atoms with Gasteiger partial charge >= 0.3 is 5.97 Å². The molecule has 1 aliphatic rings. The van der Waals surface area contributed by atoms with E-state index < -0.39 is 11.4 Å². The molecule has 0 aliphatic heterocycles. The number of aromatic nitrogens is 2. The predicted molar refractivity (Wildman–Crippen MR) is 139 cm³/mol. The fraction of sp³-hybridized carbons (Fsp3) is 0.207. The molecule has 0 unspecified atom stereocenters. The number of carbonyl (C=O) groups is 1. The molecule has 176 valence electrons. The molecular formula is C29H28N4O2. The van der Waals surface area contributed by atoms with Crippen molar-refractivity contribution >= 4 is 23.4 Å². The van der Waals surface area contributed by atoms with Crippen LogP contribution in [0.15, 0.2) is 91.0 Å². The second-order valence-corrected chi connectivity index (χ2v) is 9.05. The molecule has 0 amide bonds. The third-order valence-electron chi connectivity index (χ3n) is 6.77. The fourth-order valence-electron chi connectivity index (χ4n) is 4.54. The molecule has 1 aromatic heterocycles. The first-order chi connectivity index (χ1) is 17.0. The van der Waals surface area contributed by atoms with Gasteiger partial charge in [-0.2, -0.15) is 4.98 Å². The smallest absolute Gasteiger partial charge is 0.314 e. The van der Waals surface area contributed by atoms with Crippen LogP contribution in [0, 0.1) is 0 Å². The Morgan fingerprint density at radius 2 is 1.57 bits per heavy atom. The van der Waals surface area contributed by atoms with E-state index >= 15 is 0 Å². The molecule has 4 aromatic rings. The van der Waals surface area contributed by atoms with Crippen LogP contribution in [0.1, 0.15) is 43.4 Å². The Bertz CT molecular complexity index is 1300. The molecule has 5 rings (SSSR count). The number of aliphatic carboxylic acids is 1. The maximum absolute atomic E-state index is 11.8. The van der Waals surface area contributed by atoms with Crippen LogP contribution in [0.25, 0.3) is 11.3 Å². The summed E-state index contributed by atoms with van der Waals surface area (Å²) in [5, 5.41) is 16.5. The first-order valence-electron chi connectivity index (χ1n) is 11.9. The molecule has 6 heteroatoms. The van der Waals surface area contributed by atoms with Crippen molar-refractivity contribution in [2.24, 2.45) is 0 Å². The SMILES string of the molecule is C[C@@H](Nc1cc(-c2ccccc2)nc(Nc2ccc(C3(C(=O)O)CCC3)cc2)n1)c1ccccc1. The van der Waals surface area contributed by atoms with Gasteiger partial charge < -0.3 is 15.7 Å². The maximum atomic E-state index is 11.8. The highest BCUT2D eigenvalue weighted by atomic mass is 16.4. The van der Waals surface area contributed by atoms with Crippen molar-refractivity contribution < 1.29 is 9.90 Å². The van der Waals surface area contributed by atoms with Crippen LogP contribution < -0.4 is 10.6 Å².